The summed E-state index contributed by atoms with van der Waals surface area (Å²) in [5, 5.41) is 14.4. The first-order chi connectivity index (χ1) is 7.34. The number of rotatable bonds is 0. The predicted octanol–water partition coefficient (Wildman–Crippen LogP) is -0.534. The van der Waals surface area contributed by atoms with E-state index in [4.69, 9.17) is 0 Å². The molecule has 0 unspecified atom stereocenters. The van der Waals surface area contributed by atoms with Crippen LogP contribution in [0.1, 0.15) is 0 Å². The summed E-state index contributed by atoms with van der Waals surface area (Å²) in [4.78, 5) is 4.05. The van der Waals surface area contributed by atoms with Gasteiger partial charge >= 0.3 is 18.9 Å². The molecule has 2 nitrogen and oxygen atoms in total. The molecular weight excluding hydrogens is 193 g/mol. The number of hydrogen-bond acceptors (Lipinski definition) is 2. The Morgan fingerprint density at radius 3 is 2.38 bits per heavy atom. The van der Waals surface area contributed by atoms with E-state index in [0.29, 0.717) is 0 Å². The van der Waals surface area contributed by atoms with E-state index in [0.717, 1.165) is 21.7 Å². The SMILES string of the molecule is [Li+].[O-]c1ccc2ccc3ccccc3c2n1. The first kappa shape index (κ1) is 11.0. The second-order valence-electron chi connectivity index (χ2n) is 3.51. The molecule has 0 amide bonds. The smallest absolute Gasteiger partial charge is 0.859 e. The van der Waals surface area contributed by atoms with E-state index in [1.165, 1.54) is 6.07 Å². The third-order valence-corrected chi connectivity index (χ3v) is 2.56. The molecule has 72 valence electrons. The molecule has 1 aromatic heterocycles. The number of benzene rings is 2. The van der Waals surface area contributed by atoms with E-state index in [1.807, 2.05) is 42.5 Å². The van der Waals surface area contributed by atoms with Gasteiger partial charge in [0.25, 0.3) is 0 Å². The average molecular weight is 201 g/mol. The van der Waals surface area contributed by atoms with E-state index in [2.05, 4.69) is 4.98 Å². The van der Waals surface area contributed by atoms with Crippen molar-refractivity contribution in [2.24, 2.45) is 0 Å². The average Bonchev–Trinajstić information content (AvgIpc) is 2.29. The normalized spacial score (nSPS) is 10.2. The van der Waals surface area contributed by atoms with Crippen LogP contribution >= 0.6 is 0 Å². The third kappa shape index (κ3) is 1.67. The molecule has 0 saturated carbocycles. The van der Waals surface area contributed by atoms with Crippen LogP contribution in [0.15, 0.2) is 48.5 Å². The number of nitrogens with zero attached hydrogens (tertiary/aromatic N) is 1. The zero-order valence-corrected chi connectivity index (χ0v) is 8.97. The first-order valence-electron chi connectivity index (χ1n) is 4.80. The minimum Gasteiger partial charge on any atom is -0.859 e. The van der Waals surface area contributed by atoms with Crippen LogP contribution in [0.2, 0.25) is 0 Å². The second-order valence-corrected chi connectivity index (χ2v) is 3.51. The Balaban J connectivity index is 0.000000963. The van der Waals surface area contributed by atoms with Gasteiger partial charge in [-0.3, -0.25) is 4.98 Å². The number of fused-ring (bicyclic) bond motifs is 3. The fraction of sp³-hybridized carbons (Fsp3) is 0. The Labute approximate surface area is 105 Å². The van der Waals surface area contributed by atoms with Crippen molar-refractivity contribution in [2.45, 2.75) is 0 Å². The van der Waals surface area contributed by atoms with Gasteiger partial charge in [-0.25, -0.2) is 0 Å². The minimum atomic E-state index is -0.182. The minimum absolute atomic E-state index is 0. The zero-order valence-electron chi connectivity index (χ0n) is 8.97. The van der Waals surface area contributed by atoms with E-state index in [-0.39, 0.29) is 24.7 Å². The molecular formula is C13H8LiNO. The second kappa shape index (κ2) is 4.17. The van der Waals surface area contributed by atoms with Crippen molar-refractivity contribution >= 4 is 21.7 Å². The summed E-state index contributed by atoms with van der Waals surface area (Å²) in [7, 11) is 0. The molecule has 0 N–H and O–H groups in total. The van der Waals surface area contributed by atoms with E-state index in [1.54, 1.807) is 0 Å². The molecule has 3 aromatic rings. The van der Waals surface area contributed by atoms with Gasteiger partial charge in [0, 0.05) is 10.8 Å². The Bertz CT molecular complexity index is 652. The van der Waals surface area contributed by atoms with E-state index >= 15 is 0 Å². The molecule has 0 atom stereocenters. The van der Waals surface area contributed by atoms with Gasteiger partial charge < -0.3 is 5.11 Å². The molecule has 0 spiro atoms. The van der Waals surface area contributed by atoms with Crippen molar-refractivity contribution in [3.63, 3.8) is 0 Å². The van der Waals surface area contributed by atoms with Crippen LogP contribution in [0.25, 0.3) is 21.7 Å². The summed E-state index contributed by atoms with van der Waals surface area (Å²) in [6.45, 7) is 0. The van der Waals surface area contributed by atoms with Gasteiger partial charge in [0.1, 0.15) is 0 Å². The van der Waals surface area contributed by atoms with Gasteiger partial charge in [-0.1, -0.05) is 48.5 Å². The molecule has 0 aliphatic rings. The summed E-state index contributed by atoms with van der Waals surface area (Å²) < 4.78 is 0. The molecule has 0 fully saturated rings. The van der Waals surface area contributed by atoms with Crippen LogP contribution in [-0.2, 0) is 0 Å². The van der Waals surface area contributed by atoms with Crippen LogP contribution in [0, 0.1) is 0 Å². The van der Waals surface area contributed by atoms with Gasteiger partial charge in [-0.2, -0.15) is 0 Å². The molecule has 0 radical (unpaired) electrons. The Morgan fingerprint density at radius 2 is 1.50 bits per heavy atom. The molecule has 16 heavy (non-hydrogen) atoms. The largest absolute Gasteiger partial charge is 1.00 e. The molecule has 1 heterocycles. The van der Waals surface area contributed by atoms with Crippen molar-refractivity contribution in [1.82, 2.24) is 4.98 Å². The van der Waals surface area contributed by atoms with E-state index < -0.39 is 0 Å². The molecule has 0 aliphatic heterocycles. The summed E-state index contributed by atoms with van der Waals surface area (Å²) >= 11 is 0. The molecule has 2 aromatic carbocycles. The Morgan fingerprint density at radius 1 is 0.812 bits per heavy atom. The fourth-order valence-corrected chi connectivity index (χ4v) is 1.84. The Kier molecular flexibility index (Phi) is 2.87. The summed E-state index contributed by atoms with van der Waals surface area (Å²) in [5.74, 6) is -0.182. The van der Waals surface area contributed by atoms with Gasteiger partial charge in [-0.05, 0) is 11.3 Å². The summed E-state index contributed by atoms with van der Waals surface area (Å²) in [6, 6.07) is 15.3. The number of pyridine rings is 1. The van der Waals surface area contributed by atoms with Crippen molar-refractivity contribution < 1.29 is 24.0 Å². The van der Waals surface area contributed by atoms with Gasteiger partial charge in [0.05, 0.1) is 5.52 Å². The van der Waals surface area contributed by atoms with Crippen LogP contribution < -0.4 is 24.0 Å². The fourth-order valence-electron chi connectivity index (χ4n) is 1.84. The topological polar surface area (TPSA) is 36.0 Å². The quantitative estimate of drug-likeness (QED) is 0.362. The van der Waals surface area contributed by atoms with Gasteiger partial charge in [0.2, 0.25) is 0 Å². The number of aromatic nitrogens is 1. The number of hydrogen-bond donors (Lipinski definition) is 0. The molecule has 3 rings (SSSR count). The van der Waals surface area contributed by atoms with Crippen molar-refractivity contribution in [2.75, 3.05) is 0 Å². The van der Waals surface area contributed by atoms with Crippen LogP contribution in [0.5, 0.6) is 5.88 Å². The first-order valence-corrected chi connectivity index (χ1v) is 4.80. The molecule has 0 bridgehead atoms. The van der Waals surface area contributed by atoms with E-state index in [9.17, 15) is 5.11 Å². The Hall–Kier alpha value is -1.49. The third-order valence-electron chi connectivity index (χ3n) is 2.56. The maximum atomic E-state index is 11.2. The summed E-state index contributed by atoms with van der Waals surface area (Å²) in [6.07, 6.45) is 0. The standard InChI is InChI=1S/C13H9NO.Li/c15-12-8-7-10-6-5-9-3-1-2-4-11(9)13(10)14-12;/h1-8H,(H,14,15);/q;+1/p-1. The maximum Gasteiger partial charge on any atom is 1.00 e. The van der Waals surface area contributed by atoms with Crippen LogP contribution in [0.4, 0.5) is 0 Å². The van der Waals surface area contributed by atoms with Crippen molar-refractivity contribution in [1.29, 1.82) is 0 Å². The van der Waals surface area contributed by atoms with Crippen LogP contribution in [0.3, 0.4) is 0 Å². The van der Waals surface area contributed by atoms with Crippen molar-refractivity contribution in [3.05, 3.63) is 48.5 Å². The molecule has 0 saturated heterocycles. The summed E-state index contributed by atoms with van der Waals surface area (Å²) in [5.41, 5.74) is 0.792. The monoisotopic (exact) mass is 201 g/mol. The van der Waals surface area contributed by atoms with Gasteiger partial charge in [-0.15, -0.1) is 0 Å². The maximum absolute atomic E-state index is 11.2. The van der Waals surface area contributed by atoms with Crippen LogP contribution in [-0.4, -0.2) is 4.98 Å². The zero-order chi connectivity index (χ0) is 10.3. The molecule has 0 aliphatic carbocycles. The van der Waals surface area contributed by atoms with Gasteiger partial charge in [0.15, 0.2) is 0 Å². The van der Waals surface area contributed by atoms with Crippen molar-refractivity contribution in [3.8, 4) is 5.88 Å². The molecule has 3 heteroatoms. The predicted molar refractivity (Wildman–Crippen MR) is 58.7 cm³/mol.